The number of rotatable bonds is 6. The number of benzene rings is 2. The van der Waals surface area contributed by atoms with E-state index in [2.05, 4.69) is 17.4 Å². The molecular weight excluding hydrogens is 262 g/mol. The molecule has 0 amide bonds. The highest BCUT2D eigenvalue weighted by atomic mass is 16.5. The van der Waals surface area contributed by atoms with Crippen molar-refractivity contribution in [2.75, 3.05) is 7.11 Å². The van der Waals surface area contributed by atoms with Crippen molar-refractivity contribution in [2.24, 2.45) is 5.92 Å². The number of hydrogen-bond acceptors (Lipinski definition) is 3. The smallest absolute Gasteiger partial charge is 0.118 e. The van der Waals surface area contributed by atoms with Gasteiger partial charge >= 0.3 is 0 Å². The summed E-state index contributed by atoms with van der Waals surface area (Å²) < 4.78 is 5.22. The number of nitrogens with one attached hydrogen (secondary N) is 1. The fourth-order valence-electron chi connectivity index (χ4n) is 2.64. The van der Waals surface area contributed by atoms with E-state index in [1.54, 1.807) is 19.2 Å². The van der Waals surface area contributed by atoms with Crippen molar-refractivity contribution in [2.45, 2.75) is 25.4 Å². The molecule has 0 heterocycles. The van der Waals surface area contributed by atoms with E-state index < -0.39 is 0 Å². The number of phenolic OH excluding ortho intramolecular Hbond substituents is 1. The van der Waals surface area contributed by atoms with Crippen molar-refractivity contribution in [3.8, 4) is 11.5 Å². The van der Waals surface area contributed by atoms with Gasteiger partial charge in [-0.1, -0.05) is 24.3 Å². The zero-order valence-electron chi connectivity index (χ0n) is 12.3. The highest BCUT2D eigenvalue weighted by molar-refractivity contribution is 5.30. The van der Waals surface area contributed by atoms with E-state index >= 15 is 0 Å². The van der Waals surface area contributed by atoms with Gasteiger partial charge in [-0.05, 0) is 54.2 Å². The molecule has 0 saturated heterocycles. The van der Waals surface area contributed by atoms with E-state index in [4.69, 9.17) is 4.74 Å². The lowest BCUT2D eigenvalue weighted by atomic mass is 10.0. The van der Waals surface area contributed by atoms with Crippen LogP contribution in [0.25, 0.3) is 0 Å². The Morgan fingerprint density at radius 1 is 1.10 bits per heavy atom. The number of aromatic hydroxyl groups is 1. The Kier molecular flexibility index (Phi) is 4.11. The molecular formula is C18H21NO2. The maximum absolute atomic E-state index is 9.33. The van der Waals surface area contributed by atoms with Crippen LogP contribution in [0.1, 0.15) is 30.0 Å². The summed E-state index contributed by atoms with van der Waals surface area (Å²) in [5.41, 5.74) is 2.50. The Hall–Kier alpha value is -2.00. The molecule has 1 fully saturated rings. The Morgan fingerprint density at radius 3 is 2.33 bits per heavy atom. The molecule has 2 aromatic carbocycles. The monoisotopic (exact) mass is 283 g/mol. The average molecular weight is 283 g/mol. The standard InChI is InChI=1S/C18H21NO2/c1-21-17-10-6-15(7-11-17)18(14-4-5-14)19-12-13-2-8-16(20)9-3-13/h2-3,6-11,14,18-20H,4-5,12H2,1H3. The zero-order chi connectivity index (χ0) is 14.7. The molecule has 1 aliphatic rings. The van der Waals surface area contributed by atoms with E-state index in [1.807, 2.05) is 24.3 Å². The minimum absolute atomic E-state index is 0.313. The molecule has 0 spiro atoms. The van der Waals surface area contributed by atoms with Gasteiger partial charge < -0.3 is 15.2 Å². The number of methoxy groups -OCH3 is 1. The third-order valence-electron chi connectivity index (χ3n) is 4.03. The Labute approximate surface area is 125 Å². The van der Waals surface area contributed by atoms with Gasteiger partial charge in [-0.3, -0.25) is 0 Å². The number of ether oxygens (including phenoxy) is 1. The first kappa shape index (κ1) is 14.0. The lowest BCUT2D eigenvalue weighted by molar-refractivity contribution is 0.413. The first-order chi connectivity index (χ1) is 10.3. The summed E-state index contributed by atoms with van der Waals surface area (Å²) >= 11 is 0. The third-order valence-corrected chi connectivity index (χ3v) is 4.03. The molecule has 1 saturated carbocycles. The number of hydrogen-bond donors (Lipinski definition) is 2. The molecule has 0 aromatic heterocycles. The third kappa shape index (κ3) is 3.56. The van der Waals surface area contributed by atoms with Crippen molar-refractivity contribution in [3.63, 3.8) is 0 Å². The van der Waals surface area contributed by atoms with Crippen molar-refractivity contribution >= 4 is 0 Å². The highest BCUT2D eigenvalue weighted by Crippen LogP contribution is 2.41. The lowest BCUT2D eigenvalue weighted by Gasteiger charge is -2.19. The van der Waals surface area contributed by atoms with Gasteiger partial charge in [-0.15, -0.1) is 0 Å². The average Bonchev–Trinajstić information content (AvgIpc) is 3.35. The van der Waals surface area contributed by atoms with Crippen LogP contribution in [0.3, 0.4) is 0 Å². The summed E-state index contributed by atoms with van der Waals surface area (Å²) in [6.45, 7) is 0.813. The van der Waals surface area contributed by atoms with Gasteiger partial charge in [0, 0.05) is 12.6 Å². The summed E-state index contributed by atoms with van der Waals surface area (Å²) in [4.78, 5) is 0. The predicted molar refractivity (Wildman–Crippen MR) is 83.4 cm³/mol. The van der Waals surface area contributed by atoms with Crippen LogP contribution in [0.5, 0.6) is 11.5 Å². The van der Waals surface area contributed by atoms with Gasteiger partial charge in [0.15, 0.2) is 0 Å². The highest BCUT2D eigenvalue weighted by Gasteiger charge is 2.31. The summed E-state index contributed by atoms with van der Waals surface area (Å²) in [7, 11) is 1.69. The summed E-state index contributed by atoms with van der Waals surface area (Å²) in [6.07, 6.45) is 2.58. The minimum Gasteiger partial charge on any atom is -0.508 e. The predicted octanol–water partition coefficient (Wildman–Crippen LogP) is 3.64. The van der Waals surface area contributed by atoms with Crippen molar-refractivity contribution in [1.29, 1.82) is 0 Å². The van der Waals surface area contributed by atoms with Crippen LogP contribution < -0.4 is 10.1 Å². The van der Waals surface area contributed by atoms with Crippen LogP contribution in [0, 0.1) is 5.92 Å². The molecule has 21 heavy (non-hydrogen) atoms. The van der Waals surface area contributed by atoms with E-state index in [0.29, 0.717) is 11.8 Å². The second-order valence-electron chi connectivity index (χ2n) is 5.64. The van der Waals surface area contributed by atoms with Crippen molar-refractivity contribution in [1.82, 2.24) is 5.32 Å². The maximum Gasteiger partial charge on any atom is 0.118 e. The zero-order valence-corrected chi connectivity index (χ0v) is 12.3. The molecule has 110 valence electrons. The van der Waals surface area contributed by atoms with Crippen LogP contribution in [-0.2, 0) is 6.54 Å². The van der Waals surface area contributed by atoms with Crippen LogP contribution in [-0.4, -0.2) is 12.2 Å². The van der Waals surface area contributed by atoms with Gasteiger partial charge in [-0.2, -0.15) is 0 Å². The van der Waals surface area contributed by atoms with Gasteiger partial charge in [0.25, 0.3) is 0 Å². The van der Waals surface area contributed by atoms with Crippen LogP contribution >= 0.6 is 0 Å². The Bertz CT molecular complexity index is 573. The molecule has 0 bridgehead atoms. The van der Waals surface area contributed by atoms with Gasteiger partial charge in [0.05, 0.1) is 7.11 Å². The Morgan fingerprint density at radius 2 is 1.76 bits per heavy atom. The van der Waals surface area contributed by atoms with E-state index in [9.17, 15) is 5.11 Å². The Balaban J connectivity index is 1.68. The van der Waals surface area contributed by atoms with Crippen LogP contribution in [0.15, 0.2) is 48.5 Å². The largest absolute Gasteiger partial charge is 0.508 e. The summed E-state index contributed by atoms with van der Waals surface area (Å²) in [5, 5.41) is 13.0. The molecule has 3 nitrogen and oxygen atoms in total. The fourth-order valence-corrected chi connectivity index (χ4v) is 2.64. The van der Waals surface area contributed by atoms with E-state index in [1.165, 1.54) is 24.0 Å². The second-order valence-corrected chi connectivity index (χ2v) is 5.64. The van der Waals surface area contributed by atoms with Crippen molar-refractivity contribution in [3.05, 3.63) is 59.7 Å². The maximum atomic E-state index is 9.33. The minimum atomic E-state index is 0.313. The first-order valence-corrected chi connectivity index (χ1v) is 7.41. The van der Waals surface area contributed by atoms with Crippen LogP contribution in [0.2, 0.25) is 0 Å². The van der Waals surface area contributed by atoms with Gasteiger partial charge in [0.1, 0.15) is 11.5 Å². The molecule has 0 radical (unpaired) electrons. The molecule has 1 aliphatic carbocycles. The molecule has 2 aromatic rings. The molecule has 0 aliphatic heterocycles. The molecule has 3 rings (SSSR count). The van der Waals surface area contributed by atoms with Crippen LogP contribution in [0.4, 0.5) is 0 Å². The van der Waals surface area contributed by atoms with Gasteiger partial charge in [-0.25, -0.2) is 0 Å². The van der Waals surface area contributed by atoms with Crippen molar-refractivity contribution < 1.29 is 9.84 Å². The molecule has 3 heteroatoms. The second kappa shape index (κ2) is 6.19. The molecule has 2 N–H and O–H groups in total. The summed E-state index contributed by atoms with van der Waals surface area (Å²) in [5.74, 6) is 1.94. The topological polar surface area (TPSA) is 41.5 Å². The SMILES string of the molecule is COc1ccc(C(NCc2ccc(O)cc2)C2CC2)cc1. The van der Waals surface area contributed by atoms with E-state index in [0.717, 1.165) is 18.2 Å². The first-order valence-electron chi connectivity index (χ1n) is 7.41. The van der Waals surface area contributed by atoms with E-state index in [-0.39, 0.29) is 0 Å². The number of phenols is 1. The van der Waals surface area contributed by atoms with Gasteiger partial charge in [0.2, 0.25) is 0 Å². The molecule has 1 unspecified atom stereocenters. The quantitative estimate of drug-likeness (QED) is 0.850. The normalized spacial score (nSPS) is 15.7. The molecule has 1 atom stereocenters. The fraction of sp³-hybridized carbons (Fsp3) is 0.333. The summed E-state index contributed by atoms with van der Waals surface area (Å²) in [6, 6.07) is 16.1. The lowest BCUT2D eigenvalue weighted by Crippen LogP contribution is -2.22.